The predicted molar refractivity (Wildman–Crippen MR) is 123 cm³/mol. The molecule has 0 spiro atoms. The molecule has 1 amide bonds. The fourth-order valence-corrected chi connectivity index (χ4v) is 4.08. The smallest absolute Gasteiger partial charge is 0.414 e. The minimum atomic E-state index is -0.427. The number of hydrogen-bond acceptors (Lipinski definition) is 5. The number of ether oxygens (including phenoxy) is 2. The standard InChI is InChI=1S/C25H28FN3O3/c1-17-9-10-19(12-23(17)26)29-16-21(32-25(29)30)15-28(2)11-5-7-18-6-4-8-24-22(18)13-20(31-3)14-27-24/h4,6,8-10,12-14,21H,5,7,11,15-16H2,1-3H3/t21-/m1/s1. The van der Waals surface area contributed by atoms with E-state index in [2.05, 4.69) is 16.0 Å². The van der Waals surface area contributed by atoms with E-state index in [1.165, 1.54) is 16.5 Å². The first kappa shape index (κ1) is 22.0. The van der Waals surface area contributed by atoms with Crippen LogP contribution in [0.2, 0.25) is 0 Å². The van der Waals surface area contributed by atoms with Gasteiger partial charge in [0.25, 0.3) is 0 Å². The molecule has 1 aromatic heterocycles. The number of methoxy groups -OCH3 is 1. The van der Waals surface area contributed by atoms with Gasteiger partial charge in [0.05, 0.1) is 31.1 Å². The van der Waals surface area contributed by atoms with Gasteiger partial charge in [-0.1, -0.05) is 18.2 Å². The molecule has 2 heterocycles. The van der Waals surface area contributed by atoms with Crippen molar-refractivity contribution in [2.24, 2.45) is 0 Å². The van der Waals surface area contributed by atoms with E-state index in [1.54, 1.807) is 32.4 Å². The third-order valence-corrected chi connectivity index (χ3v) is 5.87. The molecule has 1 aliphatic heterocycles. The number of anilines is 1. The van der Waals surface area contributed by atoms with E-state index >= 15 is 0 Å². The molecule has 0 radical (unpaired) electrons. The number of nitrogens with zero attached hydrogens (tertiary/aromatic N) is 3. The zero-order valence-electron chi connectivity index (χ0n) is 18.7. The van der Waals surface area contributed by atoms with E-state index in [1.807, 2.05) is 25.2 Å². The number of hydrogen-bond donors (Lipinski definition) is 0. The summed E-state index contributed by atoms with van der Waals surface area (Å²) in [6.45, 7) is 3.60. The van der Waals surface area contributed by atoms with Crippen molar-refractivity contribution in [1.29, 1.82) is 0 Å². The second kappa shape index (κ2) is 9.53. The number of carbonyl (C=O) groups excluding carboxylic acids is 1. The molecule has 0 bridgehead atoms. The van der Waals surface area contributed by atoms with Crippen LogP contribution in [-0.2, 0) is 11.2 Å². The van der Waals surface area contributed by atoms with Gasteiger partial charge in [0.15, 0.2) is 0 Å². The van der Waals surface area contributed by atoms with Gasteiger partial charge in [-0.25, -0.2) is 9.18 Å². The molecule has 1 atom stereocenters. The summed E-state index contributed by atoms with van der Waals surface area (Å²) < 4.78 is 24.7. The van der Waals surface area contributed by atoms with E-state index in [0.29, 0.717) is 24.3 Å². The quantitative estimate of drug-likeness (QED) is 0.516. The largest absolute Gasteiger partial charge is 0.495 e. The Morgan fingerprint density at radius 1 is 1.28 bits per heavy atom. The second-order valence-corrected chi connectivity index (χ2v) is 8.27. The van der Waals surface area contributed by atoms with Crippen molar-refractivity contribution in [1.82, 2.24) is 9.88 Å². The Hall–Kier alpha value is -3.19. The lowest BCUT2D eigenvalue weighted by molar-refractivity contribution is 0.117. The van der Waals surface area contributed by atoms with Crippen molar-refractivity contribution in [3.8, 4) is 5.75 Å². The summed E-state index contributed by atoms with van der Waals surface area (Å²) in [5, 5.41) is 1.11. The van der Waals surface area contributed by atoms with Crippen LogP contribution in [0.3, 0.4) is 0 Å². The Morgan fingerprint density at radius 2 is 2.12 bits per heavy atom. The van der Waals surface area contributed by atoms with Crippen LogP contribution in [0.25, 0.3) is 10.9 Å². The van der Waals surface area contributed by atoms with Crippen LogP contribution in [0.1, 0.15) is 17.5 Å². The average Bonchev–Trinajstić information content (AvgIpc) is 3.15. The first-order chi connectivity index (χ1) is 15.4. The van der Waals surface area contributed by atoms with Crippen LogP contribution >= 0.6 is 0 Å². The van der Waals surface area contributed by atoms with Crippen molar-refractivity contribution >= 4 is 22.7 Å². The van der Waals surface area contributed by atoms with Gasteiger partial charge in [-0.05, 0) is 68.8 Å². The number of cyclic esters (lactones) is 1. The summed E-state index contributed by atoms with van der Waals surface area (Å²) in [4.78, 5) is 20.4. The number of pyridine rings is 1. The topological polar surface area (TPSA) is 54.9 Å². The Morgan fingerprint density at radius 3 is 2.91 bits per heavy atom. The molecule has 0 aliphatic carbocycles. The molecule has 6 nitrogen and oxygen atoms in total. The number of likely N-dealkylation sites (N-methyl/N-ethyl adjacent to an activating group) is 1. The molecule has 1 aliphatic rings. The summed E-state index contributed by atoms with van der Waals surface area (Å²) in [7, 11) is 3.67. The molecule has 32 heavy (non-hydrogen) atoms. The van der Waals surface area contributed by atoms with Crippen LogP contribution in [-0.4, -0.2) is 55.9 Å². The number of amides is 1. The van der Waals surface area contributed by atoms with Gasteiger partial charge in [-0.2, -0.15) is 0 Å². The van der Waals surface area contributed by atoms with Crippen molar-refractivity contribution < 1.29 is 18.7 Å². The number of fused-ring (bicyclic) bond motifs is 1. The maximum Gasteiger partial charge on any atom is 0.414 e. The Bertz CT molecular complexity index is 1120. The molecule has 168 valence electrons. The molecule has 7 heteroatoms. The van der Waals surface area contributed by atoms with Crippen LogP contribution in [0, 0.1) is 12.7 Å². The number of aryl methyl sites for hydroxylation is 2. The number of benzene rings is 2. The summed E-state index contributed by atoms with van der Waals surface area (Å²) >= 11 is 0. The fourth-order valence-electron chi connectivity index (χ4n) is 4.08. The summed E-state index contributed by atoms with van der Waals surface area (Å²) in [5.74, 6) is 0.431. The third-order valence-electron chi connectivity index (χ3n) is 5.87. The lowest BCUT2D eigenvalue weighted by Crippen LogP contribution is -2.33. The molecular weight excluding hydrogens is 409 g/mol. The van der Waals surface area contributed by atoms with Gasteiger partial charge in [0.1, 0.15) is 17.7 Å². The maximum absolute atomic E-state index is 13.9. The van der Waals surface area contributed by atoms with Crippen LogP contribution in [0.5, 0.6) is 5.75 Å². The minimum absolute atomic E-state index is 0.247. The summed E-state index contributed by atoms with van der Waals surface area (Å²) in [6, 6.07) is 13.0. The highest BCUT2D eigenvalue weighted by atomic mass is 19.1. The molecular formula is C25H28FN3O3. The number of halogens is 1. The van der Waals surface area contributed by atoms with Gasteiger partial charge in [0.2, 0.25) is 0 Å². The second-order valence-electron chi connectivity index (χ2n) is 8.27. The predicted octanol–water partition coefficient (Wildman–Crippen LogP) is 4.58. The lowest BCUT2D eigenvalue weighted by atomic mass is 10.0. The monoisotopic (exact) mass is 437 g/mol. The van der Waals surface area contributed by atoms with E-state index in [9.17, 15) is 9.18 Å². The van der Waals surface area contributed by atoms with E-state index < -0.39 is 6.09 Å². The Balaban J connectivity index is 1.31. The van der Waals surface area contributed by atoms with E-state index in [4.69, 9.17) is 9.47 Å². The van der Waals surface area contributed by atoms with Crippen molar-refractivity contribution in [3.05, 3.63) is 65.6 Å². The molecule has 1 saturated heterocycles. The first-order valence-electron chi connectivity index (χ1n) is 10.8. The van der Waals surface area contributed by atoms with Crippen LogP contribution < -0.4 is 9.64 Å². The van der Waals surface area contributed by atoms with Gasteiger partial charge < -0.3 is 14.4 Å². The molecule has 0 saturated carbocycles. The SMILES string of the molecule is COc1cnc2cccc(CCCN(C)C[C@@H]3CN(c4ccc(C)c(F)c4)C(=O)O3)c2c1. The van der Waals surface area contributed by atoms with Crippen LogP contribution in [0.15, 0.2) is 48.7 Å². The van der Waals surface area contributed by atoms with Crippen molar-refractivity contribution in [2.45, 2.75) is 25.9 Å². The highest BCUT2D eigenvalue weighted by Gasteiger charge is 2.33. The highest BCUT2D eigenvalue weighted by Crippen LogP contribution is 2.25. The molecule has 2 aromatic carbocycles. The first-order valence-corrected chi connectivity index (χ1v) is 10.8. The summed E-state index contributed by atoms with van der Waals surface area (Å²) in [6.07, 6.45) is 2.93. The highest BCUT2D eigenvalue weighted by molar-refractivity contribution is 5.89. The molecule has 1 fully saturated rings. The number of rotatable bonds is 8. The van der Waals surface area contributed by atoms with Crippen molar-refractivity contribution in [2.75, 3.05) is 38.7 Å². The fraction of sp³-hybridized carbons (Fsp3) is 0.360. The Kier molecular flexibility index (Phi) is 6.55. The van der Waals surface area contributed by atoms with Gasteiger partial charge in [-0.15, -0.1) is 0 Å². The molecule has 0 N–H and O–H groups in total. The number of aromatic nitrogens is 1. The average molecular weight is 438 g/mol. The van der Waals surface area contributed by atoms with E-state index in [0.717, 1.165) is 36.0 Å². The van der Waals surface area contributed by atoms with Gasteiger partial charge in [-0.3, -0.25) is 9.88 Å². The third kappa shape index (κ3) is 4.83. The molecule has 3 aromatic rings. The zero-order chi connectivity index (χ0) is 22.7. The Labute approximate surface area is 187 Å². The summed E-state index contributed by atoms with van der Waals surface area (Å²) in [5.41, 5.74) is 3.28. The number of carbonyl (C=O) groups is 1. The van der Waals surface area contributed by atoms with Crippen molar-refractivity contribution in [3.63, 3.8) is 0 Å². The maximum atomic E-state index is 13.9. The van der Waals surface area contributed by atoms with E-state index in [-0.39, 0.29) is 11.9 Å². The molecule has 0 unspecified atom stereocenters. The van der Waals surface area contributed by atoms with Gasteiger partial charge >= 0.3 is 6.09 Å². The van der Waals surface area contributed by atoms with Gasteiger partial charge in [0, 0.05) is 11.9 Å². The van der Waals surface area contributed by atoms with Crippen LogP contribution in [0.4, 0.5) is 14.9 Å². The molecule has 4 rings (SSSR count). The zero-order valence-corrected chi connectivity index (χ0v) is 18.7. The minimum Gasteiger partial charge on any atom is -0.495 e. The lowest BCUT2D eigenvalue weighted by Gasteiger charge is -2.20. The normalized spacial score (nSPS) is 16.1.